The van der Waals surface area contributed by atoms with Crippen molar-refractivity contribution in [3.05, 3.63) is 46.8 Å². The van der Waals surface area contributed by atoms with Crippen LogP contribution in [0.3, 0.4) is 0 Å². The molecule has 1 amide bonds. The second kappa shape index (κ2) is 6.06. The molecule has 1 N–H and O–H groups in total. The number of anilines is 1. The summed E-state index contributed by atoms with van der Waals surface area (Å²) < 4.78 is 7.54. The van der Waals surface area contributed by atoms with E-state index in [4.69, 9.17) is 4.42 Å². The highest BCUT2D eigenvalue weighted by Gasteiger charge is 2.20. The van der Waals surface area contributed by atoms with E-state index < -0.39 is 0 Å². The van der Waals surface area contributed by atoms with Gasteiger partial charge < -0.3 is 9.73 Å². The van der Waals surface area contributed by atoms with E-state index in [-0.39, 0.29) is 17.9 Å². The highest BCUT2D eigenvalue weighted by molar-refractivity contribution is 5.95. The molecule has 3 aromatic rings. The third-order valence-corrected chi connectivity index (χ3v) is 4.43. The van der Waals surface area contributed by atoms with Crippen molar-refractivity contribution in [2.45, 2.75) is 53.5 Å². The Morgan fingerprint density at radius 1 is 1.24 bits per heavy atom. The Hall–Kier alpha value is -2.56. The standard InChI is InChI=1S/C20H25N3O2/c1-12-7-8-16-15(11-25-19(16)14(12)3)10-18(24)21-17-9-13(2)22-23(17)20(4,5)6/h7-9,11H,10H2,1-6H3,(H,21,24). The number of hydrogen-bond acceptors (Lipinski definition) is 3. The molecule has 132 valence electrons. The van der Waals surface area contributed by atoms with Gasteiger partial charge in [-0.3, -0.25) is 4.79 Å². The minimum Gasteiger partial charge on any atom is -0.464 e. The first kappa shape index (κ1) is 17.3. The number of fused-ring (bicyclic) bond motifs is 1. The predicted octanol–water partition coefficient (Wildman–Crippen LogP) is 4.49. The van der Waals surface area contributed by atoms with Gasteiger partial charge in [0.1, 0.15) is 11.4 Å². The summed E-state index contributed by atoms with van der Waals surface area (Å²) in [5.41, 5.74) is 4.74. The molecule has 5 nitrogen and oxygen atoms in total. The topological polar surface area (TPSA) is 60.1 Å². The Morgan fingerprint density at radius 3 is 2.64 bits per heavy atom. The van der Waals surface area contributed by atoms with Gasteiger partial charge in [-0.1, -0.05) is 12.1 Å². The summed E-state index contributed by atoms with van der Waals surface area (Å²) >= 11 is 0. The third kappa shape index (κ3) is 3.31. The fourth-order valence-electron chi connectivity index (χ4n) is 2.99. The zero-order valence-corrected chi connectivity index (χ0v) is 15.7. The van der Waals surface area contributed by atoms with Gasteiger partial charge in [0.2, 0.25) is 5.91 Å². The van der Waals surface area contributed by atoms with Crippen molar-refractivity contribution in [1.82, 2.24) is 9.78 Å². The zero-order valence-electron chi connectivity index (χ0n) is 15.7. The van der Waals surface area contributed by atoms with Gasteiger partial charge >= 0.3 is 0 Å². The van der Waals surface area contributed by atoms with E-state index in [1.165, 1.54) is 5.56 Å². The summed E-state index contributed by atoms with van der Waals surface area (Å²) in [7, 11) is 0. The number of amides is 1. The summed E-state index contributed by atoms with van der Waals surface area (Å²) in [6.07, 6.45) is 1.95. The van der Waals surface area contributed by atoms with Gasteiger partial charge in [0, 0.05) is 17.0 Å². The molecular weight excluding hydrogens is 314 g/mol. The van der Waals surface area contributed by atoms with Crippen LogP contribution in [-0.2, 0) is 16.8 Å². The van der Waals surface area contributed by atoms with Gasteiger partial charge in [-0.15, -0.1) is 0 Å². The molecule has 0 aliphatic rings. The summed E-state index contributed by atoms with van der Waals surface area (Å²) in [6.45, 7) is 12.2. The molecule has 0 bridgehead atoms. The minimum absolute atomic E-state index is 0.0775. The SMILES string of the molecule is Cc1cc(NC(=O)Cc2coc3c(C)c(C)ccc23)n(C(C)(C)C)n1. The maximum Gasteiger partial charge on any atom is 0.230 e. The number of carbonyl (C=O) groups is 1. The molecule has 0 aliphatic heterocycles. The molecule has 1 aromatic carbocycles. The van der Waals surface area contributed by atoms with Crippen LogP contribution in [0.2, 0.25) is 0 Å². The largest absolute Gasteiger partial charge is 0.464 e. The zero-order chi connectivity index (χ0) is 18.4. The summed E-state index contributed by atoms with van der Waals surface area (Å²) in [4.78, 5) is 12.6. The van der Waals surface area contributed by atoms with Crippen molar-refractivity contribution >= 4 is 22.7 Å². The summed E-state index contributed by atoms with van der Waals surface area (Å²) in [5, 5.41) is 8.47. The highest BCUT2D eigenvalue weighted by atomic mass is 16.3. The van der Waals surface area contributed by atoms with Crippen molar-refractivity contribution in [1.29, 1.82) is 0 Å². The van der Waals surface area contributed by atoms with E-state index in [2.05, 4.69) is 44.2 Å². The molecule has 0 saturated heterocycles. The normalized spacial score (nSPS) is 11.9. The van der Waals surface area contributed by atoms with Crippen LogP contribution in [0.4, 0.5) is 5.82 Å². The van der Waals surface area contributed by atoms with Crippen molar-refractivity contribution in [3.8, 4) is 0 Å². The van der Waals surface area contributed by atoms with Gasteiger partial charge in [-0.2, -0.15) is 5.10 Å². The fraction of sp³-hybridized carbons (Fsp3) is 0.400. The number of furan rings is 1. The second-order valence-corrected chi connectivity index (χ2v) is 7.62. The number of aromatic nitrogens is 2. The summed E-state index contributed by atoms with van der Waals surface area (Å²) in [6, 6.07) is 5.98. The molecule has 5 heteroatoms. The average Bonchev–Trinajstić information content (AvgIpc) is 3.07. The Labute approximate surface area is 148 Å². The number of carbonyl (C=O) groups excluding carboxylic acids is 1. The van der Waals surface area contributed by atoms with Gasteiger partial charge in [0.15, 0.2) is 0 Å². The highest BCUT2D eigenvalue weighted by Crippen LogP contribution is 2.27. The number of hydrogen-bond donors (Lipinski definition) is 1. The van der Waals surface area contributed by atoms with Crippen molar-refractivity contribution in [2.24, 2.45) is 0 Å². The summed E-state index contributed by atoms with van der Waals surface area (Å²) in [5.74, 6) is 0.640. The molecule has 25 heavy (non-hydrogen) atoms. The first-order valence-corrected chi connectivity index (χ1v) is 8.50. The molecule has 2 aromatic heterocycles. The van der Waals surface area contributed by atoms with Crippen LogP contribution in [0.25, 0.3) is 11.0 Å². The molecule has 0 atom stereocenters. The predicted molar refractivity (Wildman–Crippen MR) is 100.0 cm³/mol. The lowest BCUT2D eigenvalue weighted by Crippen LogP contribution is -2.27. The first-order chi connectivity index (χ1) is 11.7. The van der Waals surface area contributed by atoms with E-state index in [1.54, 1.807) is 6.26 Å². The van der Waals surface area contributed by atoms with E-state index in [0.717, 1.165) is 33.6 Å². The second-order valence-electron chi connectivity index (χ2n) is 7.62. The quantitative estimate of drug-likeness (QED) is 0.765. The lowest BCUT2D eigenvalue weighted by Gasteiger charge is -2.22. The third-order valence-electron chi connectivity index (χ3n) is 4.43. The van der Waals surface area contributed by atoms with Crippen molar-refractivity contribution in [2.75, 3.05) is 5.32 Å². The Bertz CT molecular complexity index is 942. The van der Waals surface area contributed by atoms with E-state index >= 15 is 0 Å². The minimum atomic E-state index is -0.201. The molecule has 0 spiro atoms. The number of benzene rings is 1. The van der Waals surface area contributed by atoms with Crippen LogP contribution < -0.4 is 5.32 Å². The maximum atomic E-state index is 12.6. The molecule has 3 rings (SSSR count). The molecule has 0 saturated carbocycles. The van der Waals surface area contributed by atoms with Crippen LogP contribution in [0, 0.1) is 20.8 Å². The Balaban J connectivity index is 1.84. The van der Waals surface area contributed by atoms with E-state index in [0.29, 0.717) is 0 Å². The molecular formula is C20H25N3O2. The Morgan fingerprint density at radius 2 is 1.96 bits per heavy atom. The number of nitrogens with zero attached hydrogens (tertiary/aromatic N) is 2. The van der Waals surface area contributed by atoms with Gasteiger partial charge in [0.25, 0.3) is 0 Å². The van der Waals surface area contributed by atoms with Crippen LogP contribution in [0.15, 0.2) is 28.9 Å². The lowest BCUT2D eigenvalue weighted by molar-refractivity contribution is -0.115. The number of nitrogens with one attached hydrogen (secondary N) is 1. The lowest BCUT2D eigenvalue weighted by atomic mass is 10.0. The average molecular weight is 339 g/mol. The number of rotatable bonds is 3. The van der Waals surface area contributed by atoms with Gasteiger partial charge in [-0.25, -0.2) is 4.68 Å². The van der Waals surface area contributed by atoms with Crippen LogP contribution in [0.5, 0.6) is 0 Å². The number of aryl methyl sites for hydroxylation is 3. The van der Waals surface area contributed by atoms with Gasteiger partial charge in [-0.05, 0) is 52.7 Å². The fourth-order valence-corrected chi connectivity index (χ4v) is 2.99. The van der Waals surface area contributed by atoms with E-state index in [9.17, 15) is 4.79 Å². The van der Waals surface area contributed by atoms with Crippen LogP contribution >= 0.6 is 0 Å². The monoisotopic (exact) mass is 339 g/mol. The smallest absolute Gasteiger partial charge is 0.230 e. The molecule has 0 radical (unpaired) electrons. The van der Waals surface area contributed by atoms with Crippen molar-refractivity contribution < 1.29 is 9.21 Å². The maximum absolute atomic E-state index is 12.6. The van der Waals surface area contributed by atoms with Crippen molar-refractivity contribution in [3.63, 3.8) is 0 Å². The first-order valence-electron chi connectivity index (χ1n) is 8.50. The molecule has 0 aliphatic carbocycles. The van der Waals surface area contributed by atoms with Crippen LogP contribution in [-0.4, -0.2) is 15.7 Å². The van der Waals surface area contributed by atoms with E-state index in [1.807, 2.05) is 30.7 Å². The molecule has 2 heterocycles. The molecule has 0 fully saturated rings. The molecule has 0 unspecified atom stereocenters. The Kier molecular flexibility index (Phi) is 4.19. The van der Waals surface area contributed by atoms with Gasteiger partial charge in [0.05, 0.1) is 23.9 Å². The van der Waals surface area contributed by atoms with Crippen LogP contribution in [0.1, 0.15) is 43.2 Å².